The second-order valence-electron chi connectivity index (χ2n) is 5.75. The normalized spacial score (nSPS) is 12.2. The van der Waals surface area contributed by atoms with E-state index in [1.165, 1.54) is 24.5 Å². The number of halogens is 4. The predicted octanol–water partition coefficient (Wildman–Crippen LogP) is 3.20. The average molecular weight is 412 g/mol. The van der Waals surface area contributed by atoms with E-state index in [-0.39, 0.29) is 28.2 Å². The minimum absolute atomic E-state index is 0.0519. The lowest BCUT2D eigenvalue weighted by Crippen LogP contribution is -2.16. The number of primary sulfonamides is 1. The fourth-order valence-electron chi connectivity index (χ4n) is 2.60. The van der Waals surface area contributed by atoms with Gasteiger partial charge in [0.25, 0.3) is 0 Å². The number of nitrogen functional groups attached to an aromatic ring is 1. The average Bonchev–Trinajstić information content (AvgIpc) is 2.60. The van der Waals surface area contributed by atoms with Crippen LogP contribution in [-0.2, 0) is 16.2 Å². The molecule has 0 radical (unpaired) electrons. The highest BCUT2D eigenvalue weighted by Gasteiger charge is 2.30. The fourth-order valence-corrected chi connectivity index (χ4v) is 3.45. The van der Waals surface area contributed by atoms with Gasteiger partial charge in [-0.05, 0) is 17.7 Å². The molecule has 28 heavy (non-hydrogen) atoms. The molecule has 0 atom stereocenters. The molecule has 0 unspecified atom stereocenters. The molecule has 0 saturated carbocycles. The Morgan fingerprint density at radius 2 is 1.39 bits per heavy atom. The van der Waals surface area contributed by atoms with E-state index in [4.69, 9.17) is 10.9 Å². The fraction of sp³-hybridized carbons (Fsp3) is 0.0588. The maximum absolute atomic E-state index is 15.0. The van der Waals surface area contributed by atoms with Crippen LogP contribution in [0.4, 0.5) is 23.5 Å². The van der Waals surface area contributed by atoms with E-state index in [1.54, 1.807) is 0 Å². The highest BCUT2D eigenvalue weighted by Crippen LogP contribution is 2.36. The zero-order chi connectivity index (χ0) is 20.7. The Balaban J connectivity index is 2.20. The van der Waals surface area contributed by atoms with Gasteiger partial charge in [-0.2, -0.15) is 13.2 Å². The van der Waals surface area contributed by atoms with Crippen molar-refractivity contribution in [2.75, 3.05) is 5.73 Å². The third-order valence-electron chi connectivity index (χ3n) is 3.89. The van der Waals surface area contributed by atoms with Crippen LogP contribution in [0.5, 0.6) is 0 Å². The third kappa shape index (κ3) is 3.80. The van der Waals surface area contributed by atoms with Gasteiger partial charge in [-0.25, -0.2) is 27.9 Å². The number of aromatic nitrogens is 2. The van der Waals surface area contributed by atoms with E-state index in [0.717, 1.165) is 24.3 Å². The van der Waals surface area contributed by atoms with Crippen molar-refractivity contribution in [1.82, 2.24) is 9.97 Å². The minimum atomic E-state index is -4.56. The van der Waals surface area contributed by atoms with Gasteiger partial charge in [0.15, 0.2) is 5.82 Å². The molecule has 6 nitrogen and oxygen atoms in total. The summed E-state index contributed by atoms with van der Waals surface area (Å²) >= 11 is 0. The minimum Gasteiger partial charge on any atom is -0.368 e. The van der Waals surface area contributed by atoms with Crippen molar-refractivity contribution in [3.8, 4) is 22.3 Å². The molecule has 0 spiro atoms. The predicted molar refractivity (Wildman–Crippen MR) is 93.6 cm³/mol. The number of alkyl halides is 3. The first kappa shape index (κ1) is 19.7. The maximum atomic E-state index is 15.0. The van der Waals surface area contributed by atoms with Crippen molar-refractivity contribution < 1.29 is 26.0 Å². The van der Waals surface area contributed by atoms with Crippen LogP contribution in [-0.4, -0.2) is 18.4 Å². The van der Waals surface area contributed by atoms with E-state index in [2.05, 4.69) is 9.97 Å². The van der Waals surface area contributed by atoms with Crippen LogP contribution in [0.2, 0.25) is 0 Å². The largest absolute Gasteiger partial charge is 0.416 e. The van der Waals surface area contributed by atoms with Crippen molar-refractivity contribution in [3.05, 3.63) is 60.2 Å². The smallest absolute Gasteiger partial charge is 0.368 e. The molecular formula is C17H12F4N4O2S. The van der Waals surface area contributed by atoms with Crippen molar-refractivity contribution in [3.63, 3.8) is 0 Å². The summed E-state index contributed by atoms with van der Waals surface area (Å²) in [6.45, 7) is 0. The molecule has 4 N–H and O–H groups in total. The highest BCUT2D eigenvalue weighted by molar-refractivity contribution is 7.89. The summed E-state index contributed by atoms with van der Waals surface area (Å²) in [5.74, 6) is -1.23. The Bertz CT molecular complexity index is 1130. The van der Waals surface area contributed by atoms with Crippen molar-refractivity contribution in [1.29, 1.82) is 0 Å². The number of hydrogen-bond donors (Lipinski definition) is 2. The molecule has 0 aliphatic heterocycles. The molecule has 0 bridgehead atoms. The number of rotatable bonds is 3. The van der Waals surface area contributed by atoms with Crippen molar-refractivity contribution in [2.45, 2.75) is 11.1 Å². The van der Waals surface area contributed by atoms with Crippen LogP contribution >= 0.6 is 0 Å². The first-order chi connectivity index (χ1) is 13.0. The SMILES string of the molecule is Nc1ncc(-c2ccc(-c3ccc(C(F)(F)F)cc3)c(S(N)(=O)=O)c2F)cn1. The van der Waals surface area contributed by atoms with Gasteiger partial charge in [0.05, 0.1) is 5.56 Å². The summed E-state index contributed by atoms with van der Waals surface area (Å²) in [5.41, 5.74) is 4.32. The zero-order valence-electron chi connectivity index (χ0n) is 13.9. The summed E-state index contributed by atoms with van der Waals surface area (Å²) in [5, 5.41) is 5.17. The van der Waals surface area contributed by atoms with Gasteiger partial charge in [0.2, 0.25) is 16.0 Å². The van der Waals surface area contributed by atoms with Gasteiger partial charge in [0.1, 0.15) is 4.90 Å². The molecule has 11 heteroatoms. The van der Waals surface area contributed by atoms with Crippen LogP contribution in [0, 0.1) is 5.82 Å². The molecule has 0 fully saturated rings. The Kier molecular flexibility index (Phi) is 4.81. The monoisotopic (exact) mass is 412 g/mol. The molecule has 3 rings (SSSR count). The number of nitrogens with two attached hydrogens (primary N) is 2. The molecular weight excluding hydrogens is 400 g/mol. The van der Waals surface area contributed by atoms with E-state index in [0.29, 0.717) is 0 Å². The molecule has 0 aliphatic carbocycles. The Hall–Kier alpha value is -3.05. The first-order valence-electron chi connectivity index (χ1n) is 7.59. The van der Waals surface area contributed by atoms with Gasteiger partial charge < -0.3 is 5.73 Å². The number of nitrogens with zero attached hydrogens (tertiary/aromatic N) is 2. The number of anilines is 1. The van der Waals surface area contributed by atoms with Crippen LogP contribution < -0.4 is 10.9 Å². The topological polar surface area (TPSA) is 112 Å². The van der Waals surface area contributed by atoms with Gasteiger partial charge in [-0.15, -0.1) is 0 Å². The van der Waals surface area contributed by atoms with Crippen LogP contribution in [0.15, 0.2) is 53.7 Å². The zero-order valence-corrected chi connectivity index (χ0v) is 14.7. The van der Waals surface area contributed by atoms with E-state index in [1.807, 2.05) is 0 Å². The summed E-state index contributed by atoms with van der Waals surface area (Å²) in [4.78, 5) is 6.58. The molecule has 0 amide bonds. The van der Waals surface area contributed by atoms with Gasteiger partial charge in [-0.3, -0.25) is 0 Å². The van der Waals surface area contributed by atoms with Gasteiger partial charge in [0, 0.05) is 29.1 Å². The molecule has 1 heterocycles. The Morgan fingerprint density at radius 1 is 0.857 bits per heavy atom. The first-order valence-corrected chi connectivity index (χ1v) is 9.14. The number of benzene rings is 2. The number of sulfonamides is 1. The second-order valence-corrected chi connectivity index (χ2v) is 7.25. The Labute approximate surface area is 156 Å². The lowest BCUT2D eigenvalue weighted by molar-refractivity contribution is -0.137. The van der Waals surface area contributed by atoms with Crippen molar-refractivity contribution >= 4 is 16.0 Å². The van der Waals surface area contributed by atoms with Crippen molar-refractivity contribution in [2.24, 2.45) is 5.14 Å². The lowest BCUT2D eigenvalue weighted by atomic mass is 10.00. The quantitative estimate of drug-likeness (QED) is 0.642. The summed E-state index contributed by atoms with van der Waals surface area (Å²) in [7, 11) is -4.55. The summed E-state index contributed by atoms with van der Waals surface area (Å²) < 4.78 is 77.3. The van der Waals surface area contributed by atoms with Crippen LogP contribution in [0.1, 0.15) is 5.56 Å². The Morgan fingerprint density at radius 3 is 1.89 bits per heavy atom. The van der Waals surface area contributed by atoms with Gasteiger partial charge in [-0.1, -0.05) is 24.3 Å². The highest BCUT2D eigenvalue weighted by atomic mass is 32.2. The molecule has 146 valence electrons. The van der Waals surface area contributed by atoms with E-state index >= 15 is 4.39 Å². The molecule has 1 aromatic heterocycles. The summed E-state index contributed by atoms with van der Waals surface area (Å²) in [6.07, 6.45) is -2.16. The molecule has 3 aromatic rings. The van der Waals surface area contributed by atoms with E-state index in [9.17, 15) is 21.6 Å². The second kappa shape index (κ2) is 6.84. The molecule has 0 aliphatic rings. The maximum Gasteiger partial charge on any atom is 0.416 e. The lowest BCUT2D eigenvalue weighted by Gasteiger charge is -2.14. The van der Waals surface area contributed by atoms with E-state index < -0.39 is 32.5 Å². The van der Waals surface area contributed by atoms with Crippen LogP contribution in [0.3, 0.4) is 0 Å². The number of hydrogen-bond acceptors (Lipinski definition) is 5. The third-order valence-corrected chi connectivity index (χ3v) is 4.86. The van der Waals surface area contributed by atoms with Crippen LogP contribution in [0.25, 0.3) is 22.3 Å². The molecule has 2 aromatic carbocycles. The summed E-state index contributed by atoms with van der Waals surface area (Å²) in [6, 6.07) is 6.11. The standard InChI is InChI=1S/C17H12F4N4O2S/c18-14-12(10-7-24-16(22)25-8-10)5-6-13(15(14)28(23,26)27)9-1-3-11(4-2-9)17(19,20)21/h1-8H,(H2,22,24,25)(H2,23,26,27). The molecule has 0 saturated heterocycles. The van der Waals surface area contributed by atoms with Gasteiger partial charge >= 0.3 is 6.18 Å².